The molecule has 0 spiro atoms. The molecule has 0 aliphatic heterocycles. The second-order valence-electron chi connectivity index (χ2n) is 1.71. The quantitative estimate of drug-likeness (QED) is 0.514. The van der Waals surface area contributed by atoms with Crippen LogP contribution in [0, 0.1) is 6.54 Å². The molecule has 1 radical (unpaired) electrons. The van der Waals surface area contributed by atoms with Crippen molar-refractivity contribution in [2.45, 2.75) is 0 Å². The van der Waals surface area contributed by atoms with Crippen molar-refractivity contribution < 1.29 is 4.57 Å². The highest BCUT2D eigenvalue weighted by Crippen LogP contribution is 1.77. The molecule has 0 N–H and O–H groups in total. The Hall–Kier alpha value is -1.11. The van der Waals surface area contributed by atoms with Gasteiger partial charge in [0.2, 0.25) is 6.54 Å². The van der Waals surface area contributed by atoms with Gasteiger partial charge in [-0.25, -0.2) is 0 Å². The van der Waals surface area contributed by atoms with Crippen LogP contribution in [0.4, 0.5) is 0 Å². The van der Waals surface area contributed by atoms with Crippen molar-refractivity contribution in [1.29, 1.82) is 0 Å². The molecule has 0 unspecified atom stereocenters. The van der Waals surface area contributed by atoms with Gasteiger partial charge < -0.3 is 0 Å². The lowest BCUT2D eigenvalue weighted by atomic mass is 10.5. The molecule has 0 bridgehead atoms. The van der Waals surface area contributed by atoms with Crippen molar-refractivity contribution in [3.05, 3.63) is 49.8 Å². The second kappa shape index (κ2) is 3.02. The first-order valence-electron chi connectivity index (χ1n) is 2.85. The van der Waals surface area contributed by atoms with E-state index in [9.17, 15) is 0 Å². The highest BCUT2D eigenvalue weighted by atomic mass is 14.9. The molecule has 0 fully saturated rings. The molecular formula is C8H9N+. The maximum absolute atomic E-state index is 3.58. The first-order chi connectivity index (χ1) is 4.43. The van der Waals surface area contributed by atoms with Crippen LogP contribution < -0.4 is 4.57 Å². The number of rotatable bonds is 2. The molecule has 0 saturated heterocycles. The van der Waals surface area contributed by atoms with E-state index >= 15 is 0 Å². The van der Waals surface area contributed by atoms with Crippen LogP contribution in [0.25, 0.3) is 0 Å². The summed E-state index contributed by atoms with van der Waals surface area (Å²) in [6.07, 6.45) is 5.67. The lowest BCUT2D eigenvalue weighted by Crippen LogP contribution is -2.28. The monoisotopic (exact) mass is 119 g/mol. The fraction of sp³-hybridized carbons (Fsp3) is 0. The van der Waals surface area contributed by atoms with E-state index in [0.717, 1.165) is 0 Å². The van der Waals surface area contributed by atoms with Gasteiger partial charge in [-0.15, -0.1) is 0 Å². The Kier molecular flexibility index (Phi) is 2.02. The zero-order valence-electron chi connectivity index (χ0n) is 5.20. The zero-order valence-corrected chi connectivity index (χ0v) is 5.20. The molecule has 1 aromatic heterocycles. The first kappa shape index (κ1) is 6.02. The third kappa shape index (κ3) is 1.68. The second-order valence-corrected chi connectivity index (χ2v) is 1.71. The molecule has 1 nitrogen and oxygen atoms in total. The summed E-state index contributed by atoms with van der Waals surface area (Å²) in [7, 11) is 0. The summed E-state index contributed by atoms with van der Waals surface area (Å²) >= 11 is 0. The Bertz CT molecular complexity index is 179. The maximum atomic E-state index is 3.58. The predicted octanol–water partition coefficient (Wildman–Crippen LogP) is 1.17. The topological polar surface area (TPSA) is 3.88 Å². The number of allylic oxidation sites excluding steroid dienone is 1. The smallest absolute Gasteiger partial charge is 0.192 e. The fourth-order valence-corrected chi connectivity index (χ4v) is 0.633. The molecular weight excluding hydrogens is 110 g/mol. The van der Waals surface area contributed by atoms with Crippen molar-refractivity contribution in [2.75, 3.05) is 0 Å². The largest absolute Gasteiger partial charge is 0.241 e. The van der Waals surface area contributed by atoms with Gasteiger partial charge >= 0.3 is 0 Å². The number of pyridine rings is 1. The summed E-state index contributed by atoms with van der Waals surface area (Å²) in [5, 5.41) is 0. The standard InChI is InChI=1S/C8H9N/c1-2-6-9-7-4-3-5-8-9/h2-8H,1H2/q+1. The van der Waals surface area contributed by atoms with Crippen LogP contribution in [0.15, 0.2) is 43.2 Å². The lowest BCUT2D eigenvalue weighted by molar-refractivity contribution is -0.627. The molecule has 45 valence electrons. The predicted molar refractivity (Wildman–Crippen MR) is 36.5 cm³/mol. The van der Waals surface area contributed by atoms with Crippen molar-refractivity contribution in [1.82, 2.24) is 0 Å². The SMILES string of the molecule is C=C[CH][n+]1ccccc1. The van der Waals surface area contributed by atoms with Gasteiger partial charge in [0.15, 0.2) is 12.4 Å². The van der Waals surface area contributed by atoms with E-state index in [4.69, 9.17) is 0 Å². The summed E-state index contributed by atoms with van der Waals surface area (Å²) < 4.78 is 1.94. The van der Waals surface area contributed by atoms with E-state index in [1.54, 1.807) is 6.08 Å². The minimum atomic E-state index is 1.75. The molecule has 9 heavy (non-hydrogen) atoms. The number of aromatic nitrogens is 1. The van der Waals surface area contributed by atoms with E-state index in [-0.39, 0.29) is 0 Å². The molecule has 0 saturated carbocycles. The van der Waals surface area contributed by atoms with Crippen molar-refractivity contribution in [3.63, 3.8) is 0 Å². The molecule has 1 rings (SSSR count). The Labute approximate surface area is 55.3 Å². The van der Waals surface area contributed by atoms with Gasteiger partial charge in [0.1, 0.15) is 0 Å². The van der Waals surface area contributed by atoms with Crippen LogP contribution in [0.1, 0.15) is 0 Å². The molecule has 1 aromatic rings. The number of hydrogen-bond acceptors (Lipinski definition) is 0. The third-order valence-corrected chi connectivity index (χ3v) is 1.02. The molecule has 1 heterocycles. The minimum Gasteiger partial charge on any atom is -0.192 e. The van der Waals surface area contributed by atoms with Gasteiger partial charge in [-0.2, -0.15) is 4.57 Å². The first-order valence-corrected chi connectivity index (χ1v) is 2.85. The van der Waals surface area contributed by atoms with E-state index < -0.39 is 0 Å². The summed E-state index contributed by atoms with van der Waals surface area (Å²) in [4.78, 5) is 0. The summed E-state index contributed by atoms with van der Waals surface area (Å²) in [6, 6.07) is 5.92. The van der Waals surface area contributed by atoms with Crippen LogP contribution >= 0.6 is 0 Å². The molecule has 0 amide bonds. The number of nitrogens with zero attached hydrogens (tertiary/aromatic N) is 1. The molecule has 0 aliphatic carbocycles. The lowest BCUT2D eigenvalue weighted by Gasteiger charge is -1.84. The molecule has 0 atom stereocenters. The van der Waals surface area contributed by atoms with Crippen molar-refractivity contribution in [2.24, 2.45) is 0 Å². The van der Waals surface area contributed by atoms with Gasteiger partial charge in [-0.05, 0) is 6.08 Å². The molecule has 1 heteroatoms. The fourth-order valence-electron chi connectivity index (χ4n) is 0.633. The normalized spacial score (nSPS) is 8.89. The van der Waals surface area contributed by atoms with Gasteiger partial charge in [0.05, 0.1) is 0 Å². The van der Waals surface area contributed by atoms with Crippen molar-refractivity contribution >= 4 is 0 Å². The average Bonchev–Trinajstić information content (AvgIpc) is 1.91. The summed E-state index contributed by atoms with van der Waals surface area (Å²) in [5.41, 5.74) is 0. The Morgan fingerprint density at radius 2 is 1.78 bits per heavy atom. The summed E-state index contributed by atoms with van der Waals surface area (Å²) in [5.74, 6) is 0. The Morgan fingerprint density at radius 3 is 2.33 bits per heavy atom. The Balaban J connectivity index is 2.72. The molecule has 0 aliphatic rings. The highest BCUT2D eigenvalue weighted by Gasteiger charge is 1.90. The molecule has 0 aromatic carbocycles. The summed E-state index contributed by atoms with van der Waals surface area (Å²) in [6.45, 7) is 5.47. The zero-order chi connectivity index (χ0) is 6.53. The Morgan fingerprint density at radius 1 is 1.11 bits per heavy atom. The maximum Gasteiger partial charge on any atom is 0.241 e. The van der Waals surface area contributed by atoms with Gasteiger partial charge in [-0.1, -0.05) is 12.6 Å². The average molecular weight is 119 g/mol. The van der Waals surface area contributed by atoms with Gasteiger partial charge in [-0.3, -0.25) is 0 Å². The third-order valence-electron chi connectivity index (χ3n) is 1.02. The van der Waals surface area contributed by atoms with Crippen molar-refractivity contribution in [3.8, 4) is 0 Å². The van der Waals surface area contributed by atoms with E-state index in [1.807, 2.05) is 41.7 Å². The van der Waals surface area contributed by atoms with E-state index in [2.05, 4.69) is 6.58 Å². The van der Waals surface area contributed by atoms with E-state index in [0.29, 0.717) is 0 Å². The van der Waals surface area contributed by atoms with Crippen LogP contribution in [0.5, 0.6) is 0 Å². The van der Waals surface area contributed by atoms with Gasteiger partial charge in [0.25, 0.3) is 0 Å². The van der Waals surface area contributed by atoms with Crippen LogP contribution in [0.2, 0.25) is 0 Å². The number of hydrogen-bond donors (Lipinski definition) is 0. The van der Waals surface area contributed by atoms with Crippen LogP contribution in [-0.2, 0) is 0 Å². The van der Waals surface area contributed by atoms with E-state index in [1.165, 1.54) is 0 Å². The van der Waals surface area contributed by atoms with Gasteiger partial charge in [0, 0.05) is 12.1 Å². The van der Waals surface area contributed by atoms with Crippen LogP contribution in [-0.4, -0.2) is 0 Å². The highest BCUT2D eigenvalue weighted by molar-refractivity contribution is 4.86. The minimum absolute atomic E-state index is 1.75. The van der Waals surface area contributed by atoms with Crippen LogP contribution in [0.3, 0.4) is 0 Å².